The molecule has 1 aromatic rings. The van der Waals surface area contributed by atoms with Gasteiger partial charge in [0.25, 0.3) is 5.91 Å². The van der Waals surface area contributed by atoms with Crippen LogP contribution in [0.4, 0.5) is 10.6 Å². The summed E-state index contributed by atoms with van der Waals surface area (Å²) in [6.45, 7) is 3.80. The van der Waals surface area contributed by atoms with Gasteiger partial charge in [-0.1, -0.05) is 0 Å². The van der Waals surface area contributed by atoms with Gasteiger partial charge in [0.15, 0.2) is 0 Å². The fourth-order valence-electron chi connectivity index (χ4n) is 1.52. The number of carbonyl (C=O) groups is 2. The number of amides is 2. The molecule has 0 saturated carbocycles. The van der Waals surface area contributed by atoms with E-state index in [2.05, 4.69) is 15.6 Å². The molecule has 94 valence electrons. The number of terminal acetylenes is 1. The summed E-state index contributed by atoms with van der Waals surface area (Å²) in [6.07, 6.45) is 3.77. The first-order valence-corrected chi connectivity index (χ1v) is 5.15. The SMILES string of the molecule is C#CC(=O)NCc1c(C)cc(NC(=O)O)nc1C. The minimum absolute atomic E-state index is 0.254. The monoisotopic (exact) mass is 247 g/mol. The molecule has 0 atom stereocenters. The first-order chi connectivity index (χ1) is 8.43. The number of aromatic nitrogens is 1. The highest BCUT2D eigenvalue weighted by Crippen LogP contribution is 2.16. The first kappa shape index (κ1) is 13.5. The van der Waals surface area contributed by atoms with Crippen LogP contribution >= 0.6 is 0 Å². The summed E-state index contributed by atoms with van der Waals surface area (Å²) < 4.78 is 0. The molecule has 0 spiro atoms. The quantitative estimate of drug-likeness (QED) is 0.696. The lowest BCUT2D eigenvalue weighted by molar-refractivity contribution is -0.115. The summed E-state index contributed by atoms with van der Waals surface area (Å²) in [7, 11) is 0. The Labute approximate surface area is 104 Å². The molecule has 2 amide bonds. The smallest absolute Gasteiger partial charge is 0.410 e. The van der Waals surface area contributed by atoms with Gasteiger partial charge in [0.05, 0.1) is 0 Å². The molecule has 0 aliphatic carbocycles. The summed E-state index contributed by atoms with van der Waals surface area (Å²) in [5, 5.41) is 13.3. The van der Waals surface area contributed by atoms with Gasteiger partial charge in [0.1, 0.15) is 5.82 Å². The Kier molecular flexibility index (Phi) is 4.27. The van der Waals surface area contributed by atoms with Crippen molar-refractivity contribution in [1.82, 2.24) is 10.3 Å². The van der Waals surface area contributed by atoms with Crippen LogP contribution in [0.25, 0.3) is 0 Å². The van der Waals surface area contributed by atoms with Crippen LogP contribution in [-0.4, -0.2) is 22.1 Å². The van der Waals surface area contributed by atoms with Gasteiger partial charge in [0, 0.05) is 12.2 Å². The Balaban J connectivity index is 2.91. The van der Waals surface area contributed by atoms with Gasteiger partial charge in [-0.25, -0.2) is 9.78 Å². The molecule has 18 heavy (non-hydrogen) atoms. The van der Waals surface area contributed by atoms with E-state index in [0.29, 0.717) is 5.69 Å². The van der Waals surface area contributed by atoms with E-state index in [1.54, 1.807) is 19.9 Å². The van der Waals surface area contributed by atoms with E-state index < -0.39 is 12.0 Å². The summed E-state index contributed by atoms with van der Waals surface area (Å²) in [5.74, 6) is 1.71. The molecule has 1 heterocycles. The van der Waals surface area contributed by atoms with Gasteiger partial charge < -0.3 is 10.4 Å². The largest absolute Gasteiger partial charge is 0.465 e. The average Bonchev–Trinajstić information content (AvgIpc) is 2.26. The highest BCUT2D eigenvalue weighted by Gasteiger charge is 2.09. The van der Waals surface area contributed by atoms with Crippen molar-refractivity contribution in [2.24, 2.45) is 0 Å². The minimum Gasteiger partial charge on any atom is -0.465 e. The lowest BCUT2D eigenvalue weighted by Gasteiger charge is -2.11. The molecule has 1 rings (SSSR count). The van der Waals surface area contributed by atoms with Crippen molar-refractivity contribution < 1.29 is 14.7 Å². The highest BCUT2D eigenvalue weighted by atomic mass is 16.4. The van der Waals surface area contributed by atoms with Crippen LogP contribution < -0.4 is 10.6 Å². The predicted molar refractivity (Wildman–Crippen MR) is 66.0 cm³/mol. The molecule has 0 radical (unpaired) electrons. The summed E-state index contributed by atoms with van der Waals surface area (Å²) in [5.41, 5.74) is 2.27. The Hall–Kier alpha value is -2.55. The van der Waals surface area contributed by atoms with Crippen molar-refractivity contribution >= 4 is 17.8 Å². The zero-order valence-corrected chi connectivity index (χ0v) is 10.1. The fraction of sp³-hybridized carbons (Fsp3) is 0.250. The standard InChI is InChI=1S/C12H13N3O3/c1-4-11(16)13-6-9-7(2)5-10(14-8(9)3)15-12(17)18/h1,5H,6H2,2-3H3,(H,13,16)(H,14,15)(H,17,18). The van der Waals surface area contributed by atoms with Crippen molar-refractivity contribution in [3.8, 4) is 12.3 Å². The molecule has 6 nitrogen and oxygen atoms in total. The number of rotatable bonds is 3. The molecule has 1 aromatic heterocycles. The Bertz CT molecular complexity index is 509. The second-order valence-corrected chi connectivity index (χ2v) is 3.65. The van der Waals surface area contributed by atoms with Gasteiger partial charge in [-0.3, -0.25) is 10.1 Å². The maximum absolute atomic E-state index is 11.0. The van der Waals surface area contributed by atoms with Crippen molar-refractivity contribution in [2.45, 2.75) is 20.4 Å². The van der Waals surface area contributed by atoms with E-state index in [4.69, 9.17) is 11.5 Å². The van der Waals surface area contributed by atoms with Crippen LogP contribution in [0.1, 0.15) is 16.8 Å². The number of nitrogens with one attached hydrogen (secondary N) is 2. The van der Waals surface area contributed by atoms with Gasteiger partial charge in [-0.2, -0.15) is 0 Å². The van der Waals surface area contributed by atoms with Crippen LogP contribution in [0.3, 0.4) is 0 Å². The molecule has 0 aromatic carbocycles. The van der Waals surface area contributed by atoms with E-state index in [-0.39, 0.29) is 12.4 Å². The maximum atomic E-state index is 11.0. The van der Waals surface area contributed by atoms with E-state index in [0.717, 1.165) is 11.1 Å². The average molecular weight is 247 g/mol. The van der Waals surface area contributed by atoms with E-state index in [1.165, 1.54) is 0 Å². The number of nitrogens with zero attached hydrogens (tertiary/aromatic N) is 1. The van der Waals surface area contributed by atoms with Crippen molar-refractivity contribution in [1.29, 1.82) is 0 Å². The zero-order chi connectivity index (χ0) is 13.7. The number of hydrogen-bond acceptors (Lipinski definition) is 3. The molecule has 0 fully saturated rings. The van der Waals surface area contributed by atoms with Crippen molar-refractivity contribution in [2.75, 3.05) is 5.32 Å². The van der Waals surface area contributed by atoms with Crippen molar-refractivity contribution in [3.05, 3.63) is 22.9 Å². The van der Waals surface area contributed by atoms with Crippen LogP contribution in [-0.2, 0) is 11.3 Å². The molecule has 0 aliphatic heterocycles. The summed E-state index contributed by atoms with van der Waals surface area (Å²) >= 11 is 0. The molecule has 0 bridgehead atoms. The summed E-state index contributed by atoms with van der Waals surface area (Å²) in [4.78, 5) is 25.5. The highest BCUT2D eigenvalue weighted by molar-refractivity contribution is 5.92. The third kappa shape index (κ3) is 3.49. The fourth-order valence-corrected chi connectivity index (χ4v) is 1.52. The second kappa shape index (κ2) is 5.68. The number of carboxylic acid groups (broad SMARTS) is 1. The van der Waals surface area contributed by atoms with Gasteiger partial charge in [0.2, 0.25) is 0 Å². The van der Waals surface area contributed by atoms with Crippen LogP contribution in [0.2, 0.25) is 0 Å². The Morgan fingerprint density at radius 1 is 1.50 bits per heavy atom. The molecular weight excluding hydrogens is 234 g/mol. The number of hydrogen-bond donors (Lipinski definition) is 3. The normalized spacial score (nSPS) is 9.39. The van der Waals surface area contributed by atoms with Gasteiger partial charge in [-0.05, 0) is 37.0 Å². The number of pyridine rings is 1. The van der Waals surface area contributed by atoms with Crippen LogP contribution in [0, 0.1) is 26.2 Å². The lowest BCUT2D eigenvalue weighted by atomic mass is 10.1. The Morgan fingerprint density at radius 2 is 2.17 bits per heavy atom. The topological polar surface area (TPSA) is 91.3 Å². The third-order valence-corrected chi connectivity index (χ3v) is 2.35. The third-order valence-electron chi connectivity index (χ3n) is 2.35. The predicted octanol–water partition coefficient (Wildman–Crippen LogP) is 1.04. The number of aryl methyl sites for hydroxylation is 2. The molecule has 0 aliphatic rings. The number of carbonyl (C=O) groups excluding carboxylic acids is 1. The van der Waals surface area contributed by atoms with Crippen molar-refractivity contribution in [3.63, 3.8) is 0 Å². The molecule has 3 N–H and O–H groups in total. The zero-order valence-electron chi connectivity index (χ0n) is 10.1. The number of anilines is 1. The van der Waals surface area contributed by atoms with E-state index >= 15 is 0 Å². The van der Waals surface area contributed by atoms with E-state index in [1.807, 2.05) is 5.92 Å². The molecular formula is C12H13N3O3. The van der Waals surface area contributed by atoms with Crippen LogP contribution in [0.5, 0.6) is 0 Å². The van der Waals surface area contributed by atoms with Gasteiger partial charge in [-0.15, -0.1) is 6.42 Å². The second-order valence-electron chi connectivity index (χ2n) is 3.65. The van der Waals surface area contributed by atoms with E-state index in [9.17, 15) is 9.59 Å². The lowest BCUT2D eigenvalue weighted by Crippen LogP contribution is -2.22. The first-order valence-electron chi connectivity index (χ1n) is 5.15. The Morgan fingerprint density at radius 3 is 2.67 bits per heavy atom. The minimum atomic E-state index is -1.17. The van der Waals surface area contributed by atoms with Gasteiger partial charge >= 0.3 is 6.09 Å². The maximum Gasteiger partial charge on any atom is 0.410 e. The van der Waals surface area contributed by atoms with Crippen LogP contribution in [0.15, 0.2) is 6.07 Å². The summed E-state index contributed by atoms with van der Waals surface area (Å²) in [6, 6.07) is 1.60. The molecule has 0 saturated heterocycles. The molecule has 0 unspecified atom stereocenters. The molecule has 6 heteroatoms.